The molecule has 2 nitrogen and oxygen atoms in total. The first kappa shape index (κ1) is 10.8. The maximum absolute atomic E-state index is 5.96. The van der Waals surface area contributed by atoms with E-state index in [0.29, 0.717) is 12.6 Å². The van der Waals surface area contributed by atoms with Crippen molar-refractivity contribution in [3.63, 3.8) is 0 Å². The van der Waals surface area contributed by atoms with Gasteiger partial charge in [-0.2, -0.15) is 0 Å². The van der Waals surface area contributed by atoms with Crippen LogP contribution in [-0.4, -0.2) is 12.6 Å². The van der Waals surface area contributed by atoms with Gasteiger partial charge in [-0.15, -0.1) is 0 Å². The van der Waals surface area contributed by atoms with Gasteiger partial charge in [0.1, 0.15) is 0 Å². The second-order valence-electron chi connectivity index (χ2n) is 4.16. The van der Waals surface area contributed by atoms with E-state index in [9.17, 15) is 0 Å². The summed E-state index contributed by atoms with van der Waals surface area (Å²) in [6.07, 6.45) is 2.54. The monoisotopic (exact) mass is 224 g/mol. The molecule has 1 atom stereocenters. The first-order valence-corrected chi connectivity index (χ1v) is 5.85. The van der Waals surface area contributed by atoms with Crippen molar-refractivity contribution in [3.8, 4) is 0 Å². The predicted molar refractivity (Wildman–Crippen MR) is 65.4 cm³/mol. The highest BCUT2D eigenvalue weighted by Gasteiger charge is 2.22. The minimum atomic E-state index is 0.555. The van der Waals surface area contributed by atoms with Gasteiger partial charge in [-0.3, -0.25) is 0 Å². The Morgan fingerprint density at radius 3 is 2.93 bits per heavy atom. The Labute approximate surface area is 96.0 Å². The van der Waals surface area contributed by atoms with Gasteiger partial charge in [0.2, 0.25) is 0 Å². The number of nitrogens with two attached hydrogens (primary N) is 1. The molecule has 1 aliphatic rings. The Morgan fingerprint density at radius 1 is 1.53 bits per heavy atom. The van der Waals surface area contributed by atoms with E-state index in [1.807, 2.05) is 12.1 Å². The molecule has 1 unspecified atom stereocenters. The summed E-state index contributed by atoms with van der Waals surface area (Å²) in [6, 6.07) is 6.63. The first-order valence-electron chi connectivity index (χ1n) is 5.47. The van der Waals surface area contributed by atoms with Gasteiger partial charge in [-0.05, 0) is 43.5 Å². The van der Waals surface area contributed by atoms with Crippen molar-refractivity contribution in [1.29, 1.82) is 0 Å². The zero-order valence-corrected chi connectivity index (χ0v) is 9.80. The second-order valence-corrected chi connectivity index (χ2v) is 4.60. The fraction of sp³-hybridized carbons (Fsp3) is 0.500. The SMILES string of the molecule is CC1CCCN1c1ccc(Cl)cc1CN. The average Bonchev–Trinajstić information content (AvgIpc) is 2.64. The highest BCUT2D eigenvalue weighted by atomic mass is 35.5. The molecule has 82 valence electrons. The Balaban J connectivity index is 2.34. The molecule has 3 heteroatoms. The lowest BCUT2D eigenvalue weighted by molar-refractivity contribution is 0.731. The lowest BCUT2D eigenvalue weighted by Gasteiger charge is -2.26. The Morgan fingerprint density at radius 2 is 2.33 bits per heavy atom. The van der Waals surface area contributed by atoms with Crippen molar-refractivity contribution >= 4 is 17.3 Å². The minimum Gasteiger partial charge on any atom is -0.369 e. The second kappa shape index (κ2) is 4.42. The van der Waals surface area contributed by atoms with Crippen molar-refractivity contribution in [2.24, 2.45) is 5.73 Å². The third kappa shape index (κ3) is 2.11. The summed E-state index contributed by atoms with van der Waals surface area (Å²) in [6.45, 7) is 3.96. The molecular formula is C12H17ClN2. The normalized spacial score (nSPS) is 21.0. The molecule has 0 radical (unpaired) electrons. The quantitative estimate of drug-likeness (QED) is 0.837. The third-order valence-corrected chi connectivity index (χ3v) is 3.36. The van der Waals surface area contributed by atoms with Crippen LogP contribution in [0.1, 0.15) is 25.3 Å². The molecule has 2 rings (SSSR count). The van der Waals surface area contributed by atoms with Crippen LogP contribution in [-0.2, 0) is 6.54 Å². The summed E-state index contributed by atoms with van der Waals surface area (Å²) >= 11 is 5.96. The molecule has 1 aromatic carbocycles. The van der Waals surface area contributed by atoms with Crippen molar-refractivity contribution in [2.75, 3.05) is 11.4 Å². The number of hydrogen-bond acceptors (Lipinski definition) is 2. The largest absolute Gasteiger partial charge is 0.369 e. The molecule has 0 aliphatic carbocycles. The topological polar surface area (TPSA) is 29.3 Å². The van der Waals surface area contributed by atoms with Gasteiger partial charge in [0, 0.05) is 29.8 Å². The van der Waals surface area contributed by atoms with E-state index < -0.39 is 0 Å². The van der Waals surface area contributed by atoms with Crippen LogP contribution >= 0.6 is 11.6 Å². The van der Waals surface area contributed by atoms with E-state index in [4.69, 9.17) is 17.3 Å². The van der Waals surface area contributed by atoms with E-state index >= 15 is 0 Å². The van der Waals surface area contributed by atoms with Crippen molar-refractivity contribution in [3.05, 3.63) is 28.8 Å². The predicted octanol–water partition coefficient (Wildman–Crippen LogP) is 2.79. The summed E-state index contributed by atoms with van der Waals surface area (Å²) in [4.78, 5) is 2.43. The van der Waals surface area contributed by atoms with E-state index in [0.717, 1.165) is 17.1 Å². The maximum atomic E-state index is 5.96. The standard InChI is InChI=1S/C12H17ClN2/c1-9-3-2-6-15(9)12-5-4-11(13)7-10(12)8-14/h4-5,7,9H,2-3,6,8,14H2,1H3. The molecule has 0 spiro atoms. The Hall–Kier alpha value is -0.730. The number of hydrogen-bond donors (Lipinski definition) is 1. The Bertz CT molecular complexity index is 351. The van der Waals surface area contributed by atoms with Gasteiger partial charge in [0.05, 0.1) is 0 Å². The fourth-order valence-electron chi connectivity index (χ4n) is 2.29. The zero-order valence-electron chi connectivity index (χ0n) is 9.04. The molecule has 0 aromatic heterocycles. The lowest BCUT2D eigenvalue weighted by atomic mass is 10.1. The molecule has 1 aromatic rings. The van der Waals surface area contributed by atoms with Crippen LogP contribution in [0, 0.1) is 0 Å². The van der Waals surface area contributed by atoms with Gasteiger partial charge < -0.3 is 10.6 Å². The average molecular weight is 225 g/mol. The molecule has 1 heterocycles. The van der Waals surface area contributed by atoms with E-state index in [1.165, 1.54) is 18.5 Å². The van der Waals surface area contributed by atoms with Crippen LogP contribution in [0.15, 0.2) is 18.2 Å². The molecule has 2 N–H and O–H groups in total. The number of nitrogens with zero attached hydrogens (tertiary/aromatic N) is 1. The number of benzene rings is 1. The number of anilines is 1. The summed E-state index contributed by atoms with van der Waals surface area (Å²) in [5, 5.41) is 0.769. The van der Waals surface area contributed by atoms with Crippen molar-refractivity contribution < 1.29 is 0 Å². The molecule has 1 fully saturated rings. The Kier molecular flexibility index (Phi) is 3.17. The van der Waals surface area contributed by atoms with Crippen LogP contribution in [0.25, 0.3) is 0 Å². The lowest BCUT2D eigenvalue weighted by Crippen LogP contribution is -2.27. The molecule has 0 amide bonds. The van der Waals surface area contributed by atoms with Gasteiger partial charge in [0.15, 0.2) is 0 Å². The molecule has 1 aliphatic heterocycles. The fourth-order valence-corrected chi connectivity index (χ4v) is 2.48. The van der Waals surface area contributed by atoms with Crippen LogP contribution < -0.4 is 10.6 Å². The van der Waals surface area contributed by atoms with E-state index in [2.05, 4.69) is 17.9 Å². The van der Waals surface area contributed by atoms with Crippen LogP contribution in [0.4, 0.5) is 5.69 Å². The third-order valence-electron chi connectivity index (χ3n) is 3.12. The molecule has 15 heavy (non-hydrogen) atoms. The summed E-state index contributed by atoms with van der Waals surface area (Å²) in [7, 11) is 0. The van der Waals surface area contributed by atoms with Crippen molar-refractivity contribution in [1.82, 2.24) is 0 Å². The van der Waals surface area contributed by atoms with Crippen LogP contribution in [0.3, 0.4) is 0 Å². The highest BCUT2D eigenvalue weighted by Crippen LogP contribution is 2.30. The number of halogens is 1. The number of rotatable bonds is 2. The molecule has 0 saturated carbocycles. The summed E-state index contributed by atoms with van der Waals surface area (Å²) < 4.78 is 0. The highest BCUT2D eigenvalue weighted by molar-refractivity contribution is 6.30. The van der Waals surface area contributed by atoms with Crippen LogP contribution in [0.5, 0.6) is 0 Å². The smallest absolute Gasteiger partial charge is 0.0415 e. The minimum absolute atomic E-state index is 0.555. The van der Waals surface area contributed by atoms with E-state index in [-0.39, 0.29) is 0 Å². The van der Waals surface area contributed by atoms with Gasteiger partial charge >= 0.3 is 0 Å². The molecule has 0 bridgehead atoms. The van der Waals surface area contributed by atoms with Gasteiger partial charge in [0.25, 0.3) is 0 Å². The summed E-state index contributed by atoms with van der Waals surface area (Å²) in [5.74, 6) is 0. The van der Waals surface area contributed by atoms with Crippen LogP contribution in [0.2, 0.25) is 5.02 Å². The van der Waals surface area contributed by atoms with Crippen molar-refractivity contribution in [2.45, 2.75) is 32.4 Å². The van der Waals surface area contributed by atoms with Gasteiger partial charge in [-0.25, -0.2) is 0 Å². The maximum Gasteiger partial charge on any atom is 0.0415 e. The van der Waals surface area contributed by atoms with E-state index in [1.54, 1.807) is 0 Å². The zero-order chi connectivity index (χ0) is 10.8. The summed E-state index contributed by atoms with van der Waals surface area (Å²) in [5.41, 5.74) is 8.15. The molecule has 1 saturated heterocycles. The van der Waals surface area contributed by atoms with Gasteiger partial charge in [-0.1, -0.05) is 11.6 Å². The first-order chi connectivity index (χ1) is 7.22. The molecular weight excluding hydrogens is 208 g/mol.